The Hall–Kier alpha value is -3.12. The normalized spacial score (nSPS) is 16.1. The van der Waals surface area contributed by atoms with Gasteiger partial charge in [0.05, 0.1) is 6.54 Å². The summed E-state index contributed by atoms with van der Waals surface area (Å²) in [6.45, 7) is 2.07. The summed E-state index contributed by atoms with van der Waals surface area (Å²) in [5, 5.41) is 0.550. The van der Waals surface area contributed by atoms with Crippen molar-refractivity contribution in [3.8, 4) is 0 Å². The van der Waals surface area contributed by atoms with Gasteiger partial charge in [0.1, 0.15) is 6.54 Å². The smallest absolute Gasteiger partial charge is 0.327 e. The van der Waals surface area contributed by atoms with Crippen LogP contribution >= 0.6 is 11.6 Å². The molecule has 1 aliphatic heterocycles. The molecule has 3 rings (SSSR count). The zero-order chi connectivity index (χ0) is 21.8. The molecule has 1 saturated heterocycles. The molecule has 156 valence electrons. The van der Waals surface area contributed by atoms with Crippen LogP contribution in [0.2, 0.25) is 5.02 Å². The Balaban J connectivity index is 1.90. The van der Waals surface area contributed by atoms with Crippen molar-refractivity contribution in [3.05, 3.63) is 75.8 Å². The second kappa shape index (κ2) is 9.13. The van der Waals surface area contributed by atoms with E-state index in [1.54, 1.807) is 32.3 Å². The van der Waals surface area contributed by atoms with E-state index in [2.05, 4.69) is 0 Å². The van der Waals surface area contributed by atoms with Crippen LogP contribution in [0.25, 0.3) is 6.08 Å². The second-order valence-corrected chi connectivity index (χ2v) is 7.87. The van der Waals surface area contributed by atoms with Crippen molar-refractivity contribution in [1.29, 1.82) is 0 Å². The minimum Gasteiger partial charge on any atom is -0.340 e. The highest BCUT2D eigenvalue weighted by Gasteiger charge is 2.34. The fourth-order valence-electron chi connectivity index (χ4n) is 3.26. The van der Waals surface area contributed by atoms with Gasteiger partial charge >= 0.3 is 6.03 Å². The highest BCUT2D eigenvalue weighted by atomic mass is 35.5. The van der Waals surface area contributed by atoms with Crippen LogP contribution in [-0.2, 0) is 16.1 Å². The lowest BCUT2D eigenvalue weighted by atomic mass is 10.0. The minimum atomic E-state index is -0.513. The van der Waals surface area contributed by atoms with Crippen molar-refractivity contribution < 1.29 is 14.4 Å². The first-order valence-corrected chi connectivity index (χ1v) is 9.95. The molecule has 2 aromatic carbocycles. The number of imide groups is 1. The van der Waals surface area contributed by atoms with E-state index < -0.39 is 11.9 Å². The molecule has 2 aromatic rings. The fraction of sp³-hybridized carbons (Fsp3) is 0.261. The summed E-state index contributed by atoms with van der Waals surface area (Å²) in [6, 6.07) is 14.4. The molecule has 0 radical (unpaired) electrons. The summed E-state index contributed by atoms with van der Waals surface area (Å²) in [5.41, 5.74) is 3.01. The number of carbonyl (C=O) groups excluding carboxylic acids is 3. The van der Waals surface area contributed by atoms with E-state index in [9.17, 15) is 14.4 Å². The number of hydrogen-bond donors (Lipinski definition) is 0. The molecule has 6 nitrogen and oxygen atoms in total. The topological polar surface area (TPSA) is 60.9 Å². The number of carbonyl (C=O) groups is 3. The molecule has 1 heterocycles. The van der Waals surface area contributed by atoms with E-state index in [1.165, 1.54) is 9.80 Å². The van der Waals surface area contributed by atoms with E-state index in [4.69, 9.17) is 11.6 Å². The maximum absolute atomic E-state index is 13.2. The summed E-state index contributed by atoms with van der Waals surface area (Å²) < 4.78 is 0. The molecule has 1 aliphatic rings. The van der Waals surface area contributed by atoms with Crippen LogP contribution in [-0.4, -0.2) is 59.7 Å². The van der Waals surface area contributed by atoms with Gasteiger partial charge in [-0.1, -0.05) is 48.0 Å². The number of likely N-dealkylation sites (N-methyl/N-ethyl adjacent to an activating group) is 1. The van der Waals surface area contributed by atoms with Gasteiger partial charge in [0.2, 0.25) is 5.91 Å². The van der Waals surface area contributed by atoms with Crippen molar-refractivity contribution in [3.63, 3.8) is 0 Å². The highest BCUT2D eigenvalue weighted by Crippen LogP contribution is 2.21. The Morgan fingerprint density at radius 2 is 1.83 bits per heavy atom. The maximum Gasteiger partial charge on any atom is 0.327 e. The van der Waals surface area contributed by atoms with E-state index in [-0.39, 0.29) is 19.0 Å². The van der Waals surface area contributed by atoms with Gasteiger partial charge in [-0.25, -0.2) is 4.79 Å². The highest BCUT2D eigenvalue weighted by molar-refractivity contribution is 6.30. The molecule has 0 unspecified atom stereocenters. The zero-order valence-corrected chi connectivity index (χ0v) is 18.0. The molecule has 0 bridgehead atoms. The third-order valence-electron chi connectivity index (χ3n) is 5.04. The quantitative estimate of drug-likeness (QED) is 0.706. The van der Waals surface area contributed by atoms with Crippen molar-refractivity contribution in [2.45, 2.75) is 13.5 Å². The Morgan fingerprint density at radius 1 is 1.13 bits per heavy atom. The number of amides is 4. The van der Waals surface area contributed by atoms with Crippen LogP contribution in [0.5, 0.6) is 0 Å². The van der Waals surface area contributed by atoms with Gasteiger partial charge in [-0.15, -0.1) is 0 Å². The van der Waals surface area contributed by atoms with Gasteiger partial charge in [-0.3, -0.25) is 14.5 Å². The Morgan fingerprint density at radius 3 is 2.53 bits per heavy atom. The molecule has 0 saturated carbocycles. The summed E-state index contributed by atoms with van der Waals surface area (Å²) in [5.74, 6) is -0.770. The number of hydrogen-bond acceptors (Lipinski definition) is 3. The van der Waals surface area contributed by atoms with Gasteiger partial charge in [0.25, 0.3) is 5.91 Å². The number of aryl methyl sites for hydroxylation is 1. The van der Waals surface area contributed by atoms with Crippen LogP contribution in [0, 0.1) is 6.92 Å². The lowest BCUT2D eigenvalue weighted by Crippen LogP contribution is -2.46. The van der Waals surface area contributed by atoms with Crippen molar-refractivity contribution in [2.24, 2.45) is 0 Å². The average molecular weight is 426 g/mol. The van der Waals surface area contributed by atoms with Gasteiger partial charge in [-0.05, 0) is 41.8 Å². The molecule has 4 amide bonds. The van der Waals surface area contributed by atoms with Crippen LogP contribution in [0.4, 0.5) is 4.79 Å². The number of benzene rings is 2. The molecule has 0 atom stereocenters. The summed E-state index contributed by atoms with van der Waals surface area (Å²) >= 11 is 6.10. The molecule has 0 spiro atoms. The van der Waals surface area contributed by atoms with E-state index in [0.29, 0.717) is 17.1 Å². The Labute approximate surface area is 181 Å². The Kier molecular flexibility index (Phi) is 6.57. The molecule has 7 heteroatoms. The predicted octanol–water partition coefficient (Wildman–Crippen LogP) is 3.58. The number of urea groups is 1. The summed E-state index contributed by atoms with van der Waals surface area (Å²) in [6.07, 6.45) is 1.70. The van der Waals surface area contributed by atoms with Crippen LogP contribution in [0.3, 0.4) is 0 Å². The predicted molar refractivity (Wildman–Crippen MR) is 117 cm³/mol. The standard InChI is InChI=1S/C23H24ClN3O3/c1-16-9-10-20(24)12-18(16)11-19-14-25(2)21(28)15-27(22(19)29)23(30)26(3)13-17-7-5-4-6-8-17/h4-12H,13-15H2,1-3H3/b19-11+. The van der Waals surface area contributed by atoms with Crippen LogP contribution in [0.1, 0.15) is 16.7 Å². The first kappa shape index (κ1) is 21.6. The minimum absolute atomic E-state index is 0.121. The molecular formula is C23H24ClN3O3. The van der Waals surface area contributed by atoms with Gasteiger partial charge in [0, 0.05) is 31.2 Å². The van der Waals surface area contributed by atoms with Crippen molar-refractivity contribution >= 4 is 35.5 Å². The lowest BCUT2D eigenvalue weighted by Gasteiger charge is -2.25. The first-order valence-electron chi connectivity index (χ1n) is 9.58. The third-order valence-corrected chi connectivity index (χ3v) is 5.27. The number of nitrogens with zero attached hydrogens (tertiary/aromatic N) is 3. The SMILES string of the molecule is Cc1ccc(Cl)cc1/C=C1\CN(C)C(=O)CN(C(=O)N(C)Cc2ccccc2)C1=O. The molecular weight excluding hydrogens is 402 g/mol. The van der Waals surface area contributed by atoms with Crippen molar-refractivity contribution in [1.82, 2.24) is 14.7 Å². The molecule has 0 aliphatic carbocycles. The Bertz CT molecular complexity index is 1000. The monoisotopic (exact) mass is 425 g/mol. The molecule has 1 fully saturated rings. The van der Waals surface area contributed by atoms with Crippen molar-refractivity contribution in [2.75, 3.05) is 27.2 Å². The fourth-order valence-corrected chi connectivity index (χ4v) is 3.44. The van der Waals surface area contributed by atoms with Crippen LogP contribution < -0.4 is 0 Å². The van der Waals surface area contributed by atoms with Gasteiger partial charge < -0.3 is 9.80 Å². The average Bonchev–Trinajstić information content (AvgIpc) is 2.82. The van der Waals surface area contributed by atoms with E-state index >= 15 is 0 Å². The summed E-state index contributed by atoms with van der Waals surface area (Å²) in [4.78, 5) is 42.7. The maximum atomic E-state index is 13.2. The number of rotatable bonds is 3. The van der Waals surface area contributed by atoms with Gasteiger partial charge in [-0.2, -0.15) is 0 Å². The lowest BCUT2D eigenvalue weighted by molar-refractivity contribution is -0.133. The third kappa shape index (κ3) is 4.89. The van der Waals surface area contributed by atoms with Crippen LogP contribution in [0.15, 0.2) is 54.1 Å². The molecule has 0 N–H and O–H groups in total. The molecule has 0 aromatic heterocycles. The first-order chi connectivity index (χ1) is 14.3. The molecule has 30 heavy (non-hydrogen) atoms. The zero-order valence-electron chi connectivity index (χ0n) is 17.3. The van der Waals surface area contributed by atoms with E-state index in [1.807, 2.05) is 43.3 Å². The second-order valence-electron chi connectivity index (χ2n) is 7.44. The summed E-state index contributed by atoms with van der Waals surface area (Å²) in [7, 11) is 3.24. The number of halogens is 1. The van der Waals surface area contributed by atoms with E-state index in [0.717, 1.165) is 21.6 Å². The van der Waals surface area contributed by atoms with Gasteiger partial charge in [0.15, 0.2) is 0 Å². The largest absolute Gasteiger partial charge is 0.340 e.